The molecule has 3 nitrogen and oxygen atoms in total. The van der Waals surface area contributed by atoms with Crippen LogP contribution in [-0.2, 0) is 24.2 Å². The van der Waals surface area contributed by atoms with Crippen molar-refractivity contribution < 1.29 is 13.9 Å². The molecule has 25 heavy (non-hydrogen) atoms. The maximum atomic E-state index is 13.7. The third-order valence-corrected chi connectivity index (χ3v) is 4.28. The van der Waals surface area contributed by atoms with Crippen LogP contribution in [-0.4, -0.2) is 12.0 Å². The first-order valence-corrected chi connectivity index (χ1v) is 8.88. The van der Waals surface area contributed by atoms with Crippen LogP contribution in [0.5, 0.6) is 5.75 Å². The van der Waals surface area contributed by atoms with Crippen molar-refractivity contribution in [2.75, 3.05) is 0 Å². The Morgan fingerprint density at radius 3 is 2.48 bits per heavy atom. The van der Waals surface area contributed by atoms with Gasteiger partial charge in [-0.15, -0.1) is 0 Å². The second-order valence-corrected chi connectivity index (χ2v) is 5.97. The Bertz CT molecular complexity index is 715. The molecule has 1 amide bonds. The number of halogens is 1. The first-order chi connectivity index (χ1) is 12.1. The lowest BCUT2D eigenvalue weighted by Gasteiger charge is -2.18. The molecule has 1 atom stereocenters. The number of nitrogens with one attached hydrogen (secondary N) is 1. The summed E-state index contributed by atoms with van der Waals surface area (Å²) in [5.74, 6) is -0.584. The number of benzene rings is 2. The molecule has 2 rings (SSSR count). The minimum absolute atomic E-state index is 0.103. The van der Waals surface area contributed by atoms with Crippen LogP contribution in [0, 0.1) is 5.82 Å². The highest BCUT2D eigenvalue weighted by Crippen LogP contribution is 2.18. The zero-order valence-corrected chi connectivity index (χ0v) is 15.1. The fourth-order valence-electron chi connectivity index (χ4n) is 2.72. The summed E-state index contributed by atoms with van der Waals surface area (Å²) in [4.78, 5) is 12.5. The first-order valence-electron chi connectivity index (χ1n) is 8.88. The van der Waals surface area contributed by atoms with E-state index in [1.165, 1.54) is 23.3 Å². The number of rotatable bonds is 8. The van der Waals surface area contributed by atoms with Crippen molar-refractivity contribution in [3.05, 3.63) is 65.0 Å². The Balaban J connectivity index is 2.04. The molecule has 1 N–H and O–H groups in total. The predicted molar refractivity (Wildman–Crippen MR) is 98.2 cm³/mol. The smallest absolute Gasteiger partial charge is 0.261 e. The van der Waals surface area contributed by atoms with E-state index in [4.69, 9.17) is 4.74 Å². The largest absolute Gasteiger partial charge is 0.478 e. The second-order valence-electron chi connectivity index (χ2n) is 5.97. The van der Waals surface area contributed by atoms with Gasteiger partial charge in [-0.3, -0.25) is 4.79 Å². The maximum Gasteiger partial charge on any atom is 0.261 e. The minimum atomic E-state index is -0.712. The summed E-state index contributed by atoms with van der Waals surface area (Å²) in [5.41, 5.74) is 3.59. The van der Waals surface area contributed by atoms with Crippen molar-refractivity contribution in [2.24, 2.45) is 0 Å². The van der Waals surface area contributed by atoms with Crippen molar-refractivity contribution in [2.45, 2.75) is 52.7 Å². The number of hydrogen-bond donors (Lipinski definition) is 1. The van der Waals surface area contributed by atoms with Crippen LogP contribution in [0.1, 0.15) is 43.9 Å². The number of ether oxygens (including phenoxy) is 1. The van der Waals surface area contributed by atoms with Crippen LogP contribution in [0.3, 0.4) is 0 Å². The summed E-state index contributed by atoms with van der Waals surface area (Å²) in [5, 5.41) is 2.93. The van der Waals surface area contributed by atoms with Gasteiger partial charge in [0.15, 0.2) is 17.7 Å². The molecule has 0 heterocycles. The number of aryl methyl sites for hydroxylation is 2. The first kappa shape index (κ1) is 19.0. The second kappa shape index (κ2) is 9.21. The van der Waals surface area contributed by atoms with Gasteiger partial charge < -0.3 is 10.1 Å². The average Bonchev–Trinajstić information content (AvgIpc) is 2.65. The van der Waals surface area contributed by atoms with Gasteiger partial charge >= 0.3 is 0 Å². The highest BCUT2D eigenvalue weighted by molar-refractivity contribution is 5.81. The van der Waals surface area contributed by atoms with E-state index in [0.717, 1.165) is 18.4 Å². The molecule has 0 saturated carbocycles. The standard InChI is InChI=1S/C21H26FNO2/c1-4-15-11-12-16(5-2)17(13-15)14-23-21(24)19(6-3)25-20-10-8-7-9-18(20)22/h7-13,19H,4-6,14H2,1-3H3,(H,23,24)/t19-/m1/s1. The molecular formula is C21H26FNO2. The van der Waals surface area contributed by atoms with Crippen LogP contribution in [0.25, 0.3) is 0 Å². The van der Waals surface area contributed by atoms with Gasteiger partial charge in [0.1, 0.15) is 0 Å². The lowest BCUT2D eigenvalue weighted by atomic mass is 10.0. The zero-order valence-electron chi connectivity index (χ0n) is 15.1. The van der Waals surface area contributed by atoms with Gasteiger partial charge in [0.05, 0.1) is 0 Å². The number of carbonyl (C=O) groups is 1. The fraction of sp³-hybridized carbons (Fsp3) is 0.381. The monoisotopic (exact) mass is 343 g/mol. The quantitative estimate of drug-likeness (QED) is 0.770. The van der Waals surface area contributed by atoms with E-state index in [2.05, 4.69) is 37.4 Å². The van der Waals surface area contributed by atoms with Crippen molar-refractivity contribution in [3.63, 3.8) is 0 Å². The van der Waals surface area contributed by atoms with E-state index in [1.54, 1.807) is 12.1 Å². The van der Waals surface area contributed by atoms with Crippen molar-refractivity contribution in [1.82, 2.24) is 5.32 Å². The highest BCUT2D eigenvalue weighted by atomic mass is 19.1. The Hall–Kier alpha value is -2.36. The van der Waals surface area contributed by atoms with Crippen molar-refractivity contribution >= 4 is 5.91 Å². The van der Waals surface area contributed by atoms with Crippen molar-refractivity contribution in [3.8, 4) is 5.75 Å². The van der Waals surface area contributed by atoms with E-state index < -0.39 is 11.9 Å². The van der Waals surface area contributed by atoms with Crippen LogP contribution in [0.4, 0.5) is 4.39 Å². The minimum Gasteiger partial charge on any atom is -0.478 e. The normalized spacial score (nSPS) is 11.8. The van der Waals surface area contributed by atoms with E-state index in [0.29, 0.717) is 13.0 Å². The average molecular weight is 343 g/mol. The van der Waals surface area contributed by atoms with E-state index in [9.17, 15) is 9.18 Å². The number of para-hydroxylation sites is 1. The molecular weight excluding hydrogens is 317 g/mol. The van der Waals surface area contributed by atoms with Gasteiger partial charge in [-0.25, -0.2) is 4.39 Å². The Labute approximate surface area is 149 Å². The van der Waals surface area contributed by atoms with Crippen LogP contribution >= 0.6 is 0 Å². The molecule has 4 heteroatoms. The Kier molecular flexibility index (Phi) is 6.99. The van der Waals surface area contributed by atoms with E-state index in [1.807, 2.05) is 6.92 Å². The molecule has 0 bridgehead atoms. The third-order valence-electron chi connectivity index (χ3n) is 4.28. The van der Waals surface area contributed by atoms with Gasteiger partial charge in [0.25, 0.3) is 5.91 Å². The number of carbonyl (C=O) groups excluding carboxylic acids is 1. The molecule has 0 radical (unpaired) electrons. The van der Waals surface area contributed by atoms with Gasteiger partial charge in [0.2, 0.25) is 0 Å². The van der Waals surface area contributed by atoms with Crippen LogP contribution < -0.4 is 10.1 Å². The van der Waals surface area contributed by atoms with Gasteiger partial charge in [-0.05, 0) is 48.1 Å². The Morgan fingerprint density at radius 2 is 1.84 bits per heavy atom. The lowest BCUT2D eigenvalue weighted by molar-refractivity contribution is -0.128. The van der Waals surface area contributed by atoms with Gasteiger partial charge in [-0.2, -0.15) is 0 Å². The maximum absolute atomic E-state index is 13.7. The molecule has 0 unspecified atom stereocenters. The molecule has 0 aliphatic carbocycles. The predicted octanol–water partition coefficient (Wildman–Crippen LogP) is 4.42. The molecule has 0 aliphatic heterocycles. The molecule has 0 aliphatic rings. The fourth-order valence-corrected chi connectivity index (χ4v) is 2.72. The zero-order chi connectivity index (χ0) is 18.2. The van der Waals surface area contributed by atoms with Crippen molar-refractivity contribution in [1.29, 1.82) is 0 Å². The summed E-state index contributed by atoms with van der Waals surface area (Å²) in [6.45, 7) is 6.51. The van der Waals surface area contributed by atoms with Crippen LogP contribution in [0.2, 0.25) is 0 Å². The summed E-state index contributed by atoms with van der Waals surface area (Å²) < 4.78 is 19.3. The summed E-state index contributed by atoms with van der Waals surface area (Å²) in [6.07, 6.45) is 1.63. The summed E-state index contributed by atoms with van der Waals surface area (Å²) in [6, 6.07) is 12.5. The topological polar surface area (TPSA) is 38.3 Å². The summed E-state index contributed by atoms with van der Waals surface area (Å²) in [7, 11) is 0. The third kappa shape index (κ3) is 5.05. The molecule has 2 aromatic carbocycles. The molecule has 0 fully saturated rings. The molecule has 0 aromatic heterocycles. The molecule has 134 valence electrons. The molecule has 0 saturated heterocycles. The molecule has 0 spiro atoms. The van der Waals surface area contributed by atoms with Gasteiger partial charge in [-0.1, -0.05) is 51.1 Å². The van der Waals surface area contributed by atoms with E-state index in [-0.39, 0.29) is 11.7 Å². The highest BCUT2D eigenvalue weighted by Gasteiger charge is 2.19. The SMILES string of the molecule is CCc1ccc(CC)c(CNC(=O)[C@@H](CC)Oc2ccccc2F)c1. The molecule has 2 aromatic rings. The lowest BCUT2D eigenvalue weighted by Crippen LogP contribution is -2.38. The number of amides is 1. The summed E-state index contributed by atoms with van der Waals surface area (Å²) >= 11 is 0. The van der Waals surface area contributed by atoms with E-state index >= 15 is 0 Å². The number of hydrogen-bond acceptors (Lipinski definition) is 2. The van der Waals surface area contributed by atoms with Gasteiger partial charge in [0, 0.05) is 6.54 Å². The Morgan fingerprint density at radius 1 is 1.08 bits per heavy atom. The van der Waals surface area contributed by atoms with Crippen LogP contribution in [0.15, 0.2) is 42.5 Å².